The summed E-state index contributed by atoms with van der Waals surface area (Å²) in [5, 5.41) is 4.31. The Kier molecular flexibility index (Phi) is 3.57. The Hall–Kier alpha value is -1.15. The summed E-state index contributed by atoms with van der Waals surface area (Å²) in [5.41, 5.74) is 2.57. The maximum atomic E-state index is 6.15. The molecule has 102 valence electrons. The van der Waals surface area contributed by atoms with E-state index in [1.165, 1.54) is 11.1 Å². The minimum atomic E-state index is 0.0199. The molecule has 19 heavy (non-hydrogen) atoms. The summed E-state index contributed by atoms with van der Waals surface area (Å²) in [4.78, 5) is 0. The molecule has 0 unspecified atom stereocenters. The minimum absolute atomic E-state index is 0.0199. The van der Waals surface area contributed by atoms with E-state index in [0.717, 1.165) is 11.5 Å². The molecule has 0 amide bonds. The Morgan fingerprint density at radius 3 is 1.74 bits per heavy atom. The molecule has 0 aromatic carbocycles. The maximum absolute atomic E-state index is 6.15. The average molecular weight is 275 g/mol. The molecule has 0 aliphatic carbocycles. The lowest BCUT2D eigenvalue weighted by molar-refractivity contribution is 0.329. The summed E-state index contributed by atoms with van der Waals surface area (Å²) in [6, 6.07) is 6.52. The zero-order chi connectivity index (χ0) is 14.3. The lowest BCUT2D eigenvalue weighted by atomic mass is 9.88. The van der Waals surface area contributed by atoms with Crippen molar-refractivity contribution in [1.29, 1.82) is 0 Å². The van der Waals surface area contributed by atoms with Crippen LogP contribution in [0.3, 0.4) is 0 Å². The molecule has 0 atom stereocenters. The van der Waals surface area contributed by atoms with Crippen LogP contribution >= 0.6 is 11.3 Å². The first-order valence-corrected chi connectivity index (χ1v) is 7.64. The second-order valence-electron chi connectivity index (χ2n) is 7.09. The van der Waals surface area contributed by atoms with Gasteiger partial charge < -0.3 is 0 Å². The van der Waals surface area contributed by atoms with Gasteiger partial charge in [-0.15, -0.1) is 0 Å². The van der Waals surface area contributed by atoms with Gasteiger partial charge in [-0.1, -0.05) is 0 Å². The van der Waals surface area contributed by atoms with E-state index in [2.05, 4.69) is 70.5 Å². The molecule has 2 heterocycles. The van der Waals surface area contributed by atoms with Crippen molar-refractivity contribution in [2.24, 2.45) is 0 Å². The third-order valence-electron chi connectivity index (χ3n) is 3.13. The van der Waals surface area contributed by atoms with E-state index in [1.807, 2.05) is 0 Å². The fourth-order valence-electron chi connectivity index (χ4n) is 1.84. The summed E-state index contributed by atoms with van der Waals surface area (Å²) in [6.07, 6.45) is 0. The van der Waals surface area contributed by atoms with Crippen molar-refractivity contribution >= 4 is 11.3 Å². The summed E-state index contributed by atoms with van der Waals surface area (Å²) in [7, 11) is 0. The van der Waals surface area contributed by atoms with E-state index in [0.29, 0.717) is 0 Å². The van der Waals surface area contributed by atoms with Crippen LogP contribution in [0.15, 0.2) is 33.4 Å². The van der Waals surface area contributed by atoms with Gasteiger partial charge in [-0.3, -0.25) is 0 Å². The van der Waals surface area contributed by atoms with Gasteiger partial charge in [-0.2, -0.15) is 11.3 Å². The number of hydrogen-bond acceptors (Lipinski definition) is 1. The van der Waals surface area contributed by atoms with Crippen LogP contribution in [0.1, 0.15) is 53.1 Å². The Bertz CT molecular complexity index is 522. The zero-order valence-electron chi connectivity index (χ0n) is 12.7. The van der Waals surface area contributed by atoms with Gasteiger partial charge in [0.05, 0.1) is 10.8 Å². The van der Waals surface area contributed by atoms with E-state index in [4.69, 9.17) is 4.42 Å². The van der Waals surface area contributed by atoms with Gasteiger partial charge in [-0.05, 0) is 63.9 Å². The van der Waals surface area contributed by atoms with Gasteiger partial charge in [0.25, 0.3) is 0 Å². The Morgan fingerprint density at radius 1 is 0.842 bits per heavy atom. The van der Waals surface area contributed by atoms with Gasteiger partial charge in [0.15, 0.2) is 0 Å². The topological polar surface area (TPSA) is 11.3 Å². The number of rotatable bonds is 1. The molecule has 2 aromatic rings. The predicted octanol–water partition coefficient (Wildman–Crippen LogP) is 5.88. The van der Waals surface area contributed by atoms with Crippen LogP contribution in [0.4, 0.5) is 0 Å². The van der Waals surface area contributed by atoms with Crippen molar-refractivity contribution in [3.8, 4) is 11.1 Å². The van der Waals surface area contributed by atoms with E-state index in [9.17, 15) is 0 Å². The summed E-state index contributed by atoms with van der Waals surface area (Å²) in [5.74, 6) is 2.09. The lowest BCUT2D eigenvalue weighted by Crippen LogP contribution is -2.16. The third-order valence-corrected chi connectivity index (χ3v) is 3.81. The monoisotopic (exact) mass is 275 g/mol. The molecule has 2 rings (SSSR count). The molecule has 0 bridgehead atoms. The van der Waals surface area contributed by atoms with Crippen molar-refractivity contribution in [2.75, 3.05) is 0 Å². The minimum Gasteiger partial charge on any atom is -0.217 e. The molecule has 0 spiro atoms. The molecule has 0 saturated heterocycles. The van der Waals surface area contributed by atoms with Crippen molar-refractivity contribution in [1.82, 2.24) is 0 Å². The number of thiophene rings is 1. The van der Waals surface area contributed by atoms with Crippen LogP contribution in [0.25, 0.3) is 11.1 Å². The first-order valence-electron chi connectivity index (χ1n) is 6.70. The molecule has 0 aliphatic rings. The SMILES string of the molecule is CC(C)(C)c1cc(-c2ccsc2)cc(C(C)(C)C)[o+]1. The van der Waals surface area contributed by atoms with Gasteiger partial charge in [0.1, 0.15) is 0 Å². The summed E-state index contributed by atoms with van der Waals surface area (Å²) in [6.45, 7) is 13.1. The lowest BCUT2D eigenvalue weighted by Gasteiger charge is -2.14. The third kappa shape index (κ3) is 3.24. The highest BCUT2D eigenvalue weighted by Crippen LogP contribution is 2.34. The molecule has 2 aromatic heterocycles. The Labute approximate surface area is 120 Å². The van der Waals surface area contributed by atoms with Crippen molar-refractivity contribution in [3.63, 3.8) is 0 Å². The highest BCUT2D eigenvalue weighted by atomic mass is 32.1. The fourth-order valence-corrected chi connectivity index (χ4v) is 2.50. The normalized spacial score (nSPS) is 12.7. The maximum Gasteiger partial charge on any atom is 0.335 e. The van der Waals surface area contributed by atoms with Crippen LogP contribution in [0.5, 0.6) is 0 Å². The zero-order valence-corrected chi connectivity index (χ0v) is 13.5. The van der Waals surface area contributed by atoms with E-state index in [1.54, 1.807) is 11.3 Å². The highest BCUT2D eigenvalue weighted by Gasteiger charge is 2.33. The van der Waals surface area contributed by atoms with Crippen LogP contribution in [-0.4, -0.2) is 0 Å². The molecule has 0 saturated carbocycles. The first-order chi connectivity index (χ1) is 8.68. The fraction of sp³-hybridized carbons (Fsp3) is 0.471. The van der Waals surface area contributed by atoms with Gasteiger partial charge in [-0.25, -0.2) is 4.42 Å². The second kappa shape index (κ2) is 4.75. The average Bonchev–Trinajstić information content (AvgIpc) is 2.79. The molecule has 0 N–H and O–H groups in total. The second-order valence-corrected chi connectivity index (χ2v) is 7.87. The predicted molar refractivity (Wildman–Crippen MR) is 83.8 cm³/mol. The molecule has 1 nitrogen and oxygen atoms in total. The standard InChI is InChI=1S/C17H23OS/c1-16(2,3)14-9-13(12-7-8-19-11-12)10-15(18-14)17(4,5)6/h7-11H,1-6H3/q+1. The smallest absolute Gasteiger partial charge is 0.217 e. The van der Waals surface area contributed by atoms with Crippen molar-refractivity contribution in [3.05, 3.63) is 40.5 Å². The van der Waals surface area contributed by atoms with Crippen molar-refractivity contribution < 1.29 is 4.42 Å². The van der Waals surface area contributed by atoms with Gasteiger partial charge >= 0.3 is 11.5 Å². The summed E-state index contributed by atoms with van der Waals surface area (Å²) < 4.78 is 6.15. The number of hydrogen-bond donors (Lipinski definition) is 0. The molecule has 0 radical (unpaired) electrons. The van der Waals surface area contributed by atoms with Crippen LogP contribution in [-0.2, 0) is 10.8 Å². The van der Waals surface area contributed by atoms with E-state index >= 15 is 0 Å². The van der Waals surface area contributed by atoms with E-state index < -0.39 is 0 Å². The van der Waals surface area contributed by atoms with Crippen LogP contribution in [0.2, 0.25) is 0 Å². The van der Waals surface area contributed by atoms with E-state index in [-0.39, 0.29) is 10.8 Å². The Morgan fingerprint density at radius 2 is 1.37 bits per heavy atom. The summed E-state index contributed by atoms with van der Waals surface area (Å²) >= 11 is 1.73. The van der Waals surface area contributed by atoms with Gasteiger partial charge in [0, 0.05) is 17.7 Å². The molecule has 2 heteroatoms. The molecule has 0 aliphatic heterocycles. The van der Waals surface area contributed by atoms with Crippen LogP contribution < -0.4 is 0 Å². The quantitative estimate of drug-likeness (QED) is 0.591. The molecular formula is C17H23OS+. The molecular weight excluding hydrogens is 252 g/mol. The highest BCUT2D eigenvalue weighted by molar-refractivity contribution is 7.08. The van der Waals surface area contributed by atoms with Crippen molar-refractivity contribution in [2.45, 2.75) is 52.4 Å². The van der Waals surface area contributed by atoms with Gasteiger partial charge in [0.2, 0.25) is 0 Å². The Balaban J connectivity index is 2.62. The molecule has 0 fully saturated rings. The largest absolute Gasteiger partial charge is 0.335 e. The first kappa shape index (κ1) is 14.3. The van der Waals surface area contributed by atoms with Crippen LogP contribution in [0, 0.1) is 0 Å².